The van der Waals surface area contributed by atoms with Gasteiger partial charge in [-0.3, -0.25) is 4.79 Å². The molecule has 0 radical (unpaired) electrons. The summed E-state index contributed by atoms with van der Waals surface area (Å²) >= 11 is 3.37. The van der Waals surface area contributed by atoms with Crippen molar-refractivity contribution in [3.8, 4) is 12.3 Å². The Kier molecular flexibility index (Phi) is 5.07. The molecule has 1 atom stereocenters. The Balaban J connectivity index is 2.83. The highest BCUT2D eigenvalue weighted by atomic mass is 79.9. The van der Waals surface area contributed by atoms with Crippen molar-refractivity contribution in [2.45, 2.75) is 25.2 Å². The highest BCUT2D eigenvalue weighted by Gasteiger charge is 2.20. The van der Waals surface area contributed by atoms with Gasteiger partial charge in [0.05, 0.1) is 5.92 Å². The first kappa shape index (κ1) is 12.8. The molecular weight excluding hydrogens is 268 g/mol. The Bertz CT molecular complexity index is 407. The van der Waals surface area contributed by atoms with Gasteiger partial charge in [-0.05, 0) is 24.5 Å². The van der Waals surface area contributed by atoms with E-state index in [-0.39, 0.29) is 0 Å². The third-order valence-electron chi connectivity index (χ3n) is 2.39. The van der Waals surface area contributed by atoms with Crippen molar-refractivity contribution < 1.29 is 9.90 Å². The number of unbranched alkanes of at least 4 members (excludes halogenated alkanes) is 1. The van der Waals surface area contributed by atoms with Gasteiger partial charge in [-0.2, -0.15) is 0 Å². The topological polar surface area (TPSA) is 37.3 Å². The van der Waals surface area contributed by atoms with E-state index in [2.05, 4.69) is 21.9 Å². The van der Waals surface area contributed by atoms with Gasteiger partial charge >= 0.3 is 5.97 Å². The molecule has 0 aromatic heterocycles. The lowest BCUT2D eigenvalue weighted by molar-refractivity contribution is -0.139. The lowest BCUT2D eigenvalue weighted by Crippen LogP contribution is -2.12. The molecule has 0 aliphatic rings. The Labute approximate surface area is 104 Å². The molecule has 0 spiro atoms. The van der Waals surface area contributed by atoms with Crippen LogP contribution in [0.15, 0.2) is 28.7 Å². The van der Waals surface area contributed by atoms with Crippen LogP contribution in [0.4, 0.5) is 0 Å². The number of carboxylic acid groups (broad SMARTS) is 1. The Morgan fingerprint density at radius 3 is 2.75 bits per heavy atom. The molecule has 1 aromatic carbocycles. The second-order valence-electron chi connectivity index (χ2n) is 3.51. The smallest absolute Gasteiger partial charge is 0.311 e. The molecule has 3 heteroatoms. The first-order chi connectivity index (χ1) is 7.66. The van der Waals surface area contributed by atoms with Crippen LogP contribution in [-0.2, 0) is 4.79 Å². The number of rotatable bonds is 5. The number of terminal acetylenes is 1. The van der Waals surface area contributed by atoms with E-state index in [1.165, 1.54) is 0 Å². The summed E-state index contributed by atoms with van der Waals surface area (Å²) in [5.41, 5.74) is 0.812. The molecule has 0 bridgehead atoms. The molecule has 0 aliphatic heterocycles. The maximum Gasteiger partial charge on any atom is 0.311 e. The zero-order valence-corrected chi connectivity index (χ0v) is 10.4. The number of hydrogen-bond donors (Lipinski definition) is 1. The van der Waals surface area contributed by atoms with Gasteiger partial charge in [-0.15, -0.1) is 12.3 Å². The van der Waals surface area contributed by atoms with Crippen LogP contribution in [0, 0.1) is 12.3 Å². The second kappa shape index (κ2) is 6.34. The first-order valence-corrected chi connectivity index (χ1v) is 5.86. The quantitative estimate of drug-likeness (QED) is 0.663. The first-order valence-electron chi connectivity index (χ1n) is 5.07. The van der Waals surface area contributed by atoms with E-state index in [0.29, 0.717) is 12.8 Å². The predicted octanol–water partition coefficient (Wildman–Crippen LogP) is 3.42. The Morgan fingerprint density at radius 2 is 2.19 bits per heavy atom. The van der Waals surface area contributed by atoms with Crippen LogP contribution in [-0.4, -0.2) is 11.1 Å². The molecule has 0 aliphatic carbocycles. The predicted molar refractivity (Wildman–Crippen MR) is 67.2 cm³/mol. The van der Waals surface area contributed by atoms with E-state index >= 15 is 0 Å². The maximum atomic E-state index is 11.2. The van der Waals surface area contributed by atoms with Gasteiger partial charge in [0.25, 0.3) is 0 Å². The molecule has 0 saturated carbocycles. The fraction of sp³-hybridized carbons (Fsp3) is 0.308. The lowest BCUT2D eigenvalue weighted by Gasteiger charge is -2.13. The van der Waals surface area contributed by atoms with Crippen molar-refractivity contribution in [3.05, 3.63) is 34.3 Å². The van der Waals surface area contributed by atoms with Crippen LogP contribution in [0.5, 0.6) is 0 Å². The third-order valence-corrected chi connectivity index (χ3v) is 3.11. The molecule has 84 valence electrons. The fourth-order valence-corrected chi connectivity index (χ4v) is 2.14. The van der Waals surface area contributed by atoms with Crippen LogP contribution in [0.2, 0.25) is 0 Å². The number of halogens is 1. The van der Waals surface area contributed by atoms with Crippen LogP contribution in [0.25, 0.3) is 0 Å². The van der Waals surface area contributed by atoms with E-state index in [9.17, 15) is 9.90 Å². The van der Waals surface area contributed by atoms with Crippen molar-refractivity contribution in [1.82, 2.24) is 0 Å². The minimum Gasteiger partial charge on any atom is -0.481 e. The molecule has 0 saturated heterocycles. The van der Waals surface area contributed by atoms with Gasteiger partial charge in [-0.25, -0.2) is 0 Å². The molecule has 1 rings (SSSR count). The number of carboxylic acids is 1. The van der Waals surface area contributed by atoms with Gasteiger partial charge < -0.3 is 5.11 Å². The van der Waals surface area contributed by atoms with Gasteiger partial charge in [-0.1, -0.05) is 34.1 Å². The lowest BCUT2D eigenvalue weighted by atomic mass is 9.94. The van der Waals surface area contributed by atoms with Crippen LogP contribution in [0.1, 0.15) is 30.7 Å². The highest BCUT2D eigenvalue weighted by molar-refractivity contribution is 9.10. The SMILES string of the molecule is C#CCCCC(C(=O)O)c1ccccc1Br. The molecule has 1 N–H and O–H groups in total. The van der Waals surface area contributed by atoms with Crippen LogP contribution < -0.4 is 0 Å². The van der Waals surface area contributed by atoms with Gasteiger partial charge in [0.1, 0.15) is 0 Å². The van der Waals surface area contributed by atoms with E-state index < -0.39 is 11.9 Å². The summed E-state index contributed by atoms with van der Waals surface area (Å²) < 4.78 is 0.836. The van der Waals surface area contributed by atoms with E-state index in [1.54, 1.807) is 0 Å². The van der Waals surface area contributed by atoms with Crippen molar-refractivity contribution >= 4 is 21.9 Å². The summed E-state index contributed by atoms with van der Waals surface area (Å²) in [5, 5.41) is 9.18. The number of aliphatic carboxylic acids is 1. The average molecular weight is 281 g/mol. The van der Waals surface area contributed by atoms with E-state index in [0.717, 1.165) is 16.5 Å². The third kappa shape index (κ3) is 3.39. The number of carbonyl (C=O) groups is 1. The zero-order chi connectivity index (χ0) is 12.0. The summed E-state index contributed by atoms with van der Waals surface area (Å²) in [4.78, 5) is 11.2. The summed E-state index contributed by atoms with van der Waals surface area (Å²) in [7, 11) is 0. The maximum absolute atomic E-state index is 11.2. The number of hydrogen-bond acceptors (Lipinski definition) is 1. The molecular formula is C13H13BrO2. The standard InChI is InChI=1S/C13H13BrO2/c1-2-3-4-8-11(13(15)16)10-7-5-6-9-12(10)14/h1,5-7,9,11H,3-4,8H2,(H,15,16). The van der Waals surface area contributed by atoms with Crippen molar-refractivity contribution in [2.24, 2.45) is 0 Å². The molecule has 1 unspecified atom stereocenters. The molecule has 0 fully saturated rings. The largest absolute Gasteiger partial charge is 0.481 e. The molecule has 0 amide bonds. The monoisotopic (exact) mass is 280 g/mol. The summed E-state index contributed by atoms with van der Waals surface area (Å²) in [6, 6.07) is 7.40. The molecule has 16 heavy (non-hydrogen) atoms. The molecule has 0 heterocycles. The highest BCUT2D eigenvalue weighted by Crippen LogP contribution is 2.28. The minimum atomic E-state index is -0.802. The minimum absolute atomic E-state index is 0.482. The molecule has 1 aromatic rings. The summed E-state index contributed by atoms with van der Waals surface area (Å²) in [6.45, 7) is 0. The Morgan fingerprint density at radius 1 is 1.50 bits per heavy atom. The van der Waals surface area contributed by atoms with Crippen molar-refractivity contribution in [1.29, 1.82) is 0 Å². The Hall–Kier alpha value is -1.27. The summed E-state index contributed by atoms with van der Waals surface area (Å²) in [5.74, 6) is 1.24. The molecule has 2 nitrogen and oxygen atoms in total. The van der Waals surface area contributed by atoms with E-state index in [4.69, 9.17) is 6.42 Å². The van der Waals surface area contributed by atoms with Gasteiger partial charge in [0.2, 0.25) is 0 Å². The van der Waals surface area contributed by atoms with Crippen LogP contribution >= 0.6 is 15.9 Å². The van der Waals surface area contributed by atoms with Crippen molar-refractivity contribution in [2.75, 3.05) is 0 Å². The number of benzene rings is 1. The normalized spacial score (nSPS) is 11.8. The van der Waals surface area contributed by atoms with Gasteiger partial charge in [0, 0.05) is 10.9 Å². The zero-order valence-electron chi connectivity index (χ0n) is 8.82. The second-order valence-corrected chi connectivity index (χ2v) is 4.36. The van der Waals surface area contributed by atoms with Crippen molar-refractivity contribution in [3.63, 3.8) is 0 Å². The van der Waals surface area contributed by atoms with Crippen LogP contribution in [0.3, 0.4) is 0 Å². The van der Waals surface area contributed by atoms with Gasteiger partial charge in [0.15, 0.2) is 0 Å². The summed E-state index contributed by atoms with van der Waals surface area (Å²) in [6.07, 6.45) is 7.07. The average Bonchev–Trinajstić information content (AvgIpc) is 2.25. The van der Waals surface area contributed by atoms with E-state index in [1.807, 2.05) is 24.3 Å². The fourth-order valence-electron chi connectivity index (χ4n) is 1.58.